The Morgan fingerprint density at radius 1 is 1.29 bits per heavy atom. The Kier molecular flexibility index (Phi) is 5.66. The van der Waals surface area contributed by atoms with Crippen LogP contribution in [-0.4, -0.2) is 18.0 Å². The Bertz CT molecular complexity index is 470. The summed E-state index contributed by atoms with van der Waals surface area (Å²) in [5.74, 6) is 0.827. The van der Waals surface area contributed by atoms with Crippen LogP contribution in [0, 0.1) is 5.92 Å². The molecule has 1 aromatic rings. The number of hydrogen-bond donors (Lipinski definition) is 2. The highest BCUT2D eigenvalue weighted by Crippen LogP contribution is 2.27. The van der Waals surface area contributed by atoms with E-state index in [0.29, 0.717) is 12.1 Å². The van der Waals surface area contributed by atoms with E-state index in [2.05, 4.69) is 31.4 Å². The zero-order valence-corrected chi connectivity index (χ0v) is 13.5. The number of rotatable bonds is 5. The highest BCUT2D eigenvalue weighted by Gasteiger charge is 2.23. The number of amides is 1. The molecule has 1 aliphatic rings. The fourth-order valence-corrected chi connectivity index (χ4v) is 3.17. The van der Waals surface area contributed by atoms with Gasteiger partial charge < -0.3 is 10.6 Å². The Morgan fingerprint density at radius 3 is 2.76 bits per heavy atom. The highest BCUT2D eigenvalue weighted by molar-refractivity contribution is 5.99. The van der Waals surface area contributed by atoms with Crippen LogP contribution in [0.1, 0.15) is 63.2 Å². The smallest absolute Gasteiger partial charge is 0.253 e. The van der Waals surface area contributed by atoms with Gasteiger partial charge in [0.05, 0.1) is 5.56 Å². The van der Waals surface area contributed by atoms with E-state index >= 15 is 0 Å². The number of anilines is 1. The van der Waals surface area contributed by atoms with Crippen molar-refractivity contribution in [3.8, 4) is 0 Å². The monoisotopic (exact) mass is 288 g/mol. The quantitative estimate of drug-likeness (QED) is 0.852. The van der Waals surface area contributed by atoms with Gasteiger partial charge in [0.25, 0.3) is 5.91 Å². The Hall–Kier alpha value is -1.51. The van der Waals surface area contributed by atoms with Gasteiger partial charge in [-0.3, -0.25) is 4.79 Å². The van der Waals surface area contributed by atoms with E-state index in [1.165, 1.54) is 19.3 Å². The van der Waals surface area contributed by atoms with E-state index in [9.17, 15) is 4.79 Å². The molecule has 0 aromatic heterocycles. The van der Waals surface area contributed by atoms with Crippen molar-refractivity contribution in [2.75, 3.05) is 5.32 Å². The summed E-state index contributed by atoms with van der Waals surface area (Å²) in [5, 5.41) is 6.58. The van der Waals surface area contributed by atoms with Crippen molar-refractivity contribution in [3.05, 3.63) is 29.8 Å². The second kappa shape index (κ2) is 7.48. The molecule has 3 nitrogen and oxygen atoms in total. The zero-order valence-electron chi connectivity index (χ0n) is 13.5. The molecule has 1 saturated carbocycles. The van der Waals surface area contributed by atoms with Gasteiger partial charge >= 0.3 is 0 Å². The van der Waals surface area contributed by atoms with Crippen LogP contribution in [0.15, 0.2) is 24.3 Å². The first-order chi connectivity index (χ1) is 10.1. The predicted molar refractivity (Wildman–Crippen MR) is 88.7 cm³/mol. The van der Waals surface area contributed by atoms with Gasteiger partial charge in [-0.2, -0.15) is 0 Å². The van der Waals surface area contributed by atoms with Crippen molar-refractivity contribution < 1.29 is 4.79 Å². The van der Waals surface area contributed by atoms with Crippen LogP contribution in [0.4, 0.5) is 5.69 Å². The molecule has 1 fully saturated rings. The summed E-state index contributed by atoms with van der Waals surface area (Å²) in [6, 6.07) is 8.43. The SMILES string of the molecule is CCC1CCCC(NC(=O)c2ccccc2NC(C)C)C1. The molecule has 116 valence electrons. The molecule has 0 saturated heterocycles. The Balaban J connectivity index is 2.03. The first kappa shape index (κ1) is 15.9. The summed E-state index contributed by atoms with van der Waals surface area (Å²) in [7, 11) is 0. The molecule has 2 unspecified atom stereocenters. The van der Waals surface area contributed by atoms with Crippen LogP contribution in [-0.2, 0) is 0 Å². The molecule has 2 N–H and O–H groups in total. The maximum Gasteiger partial charge on any atom is 0.253 e. The van der Waals surface area contributed by atoms with E-state index < -0.39 is 0 Å². The summed E-state index contributed by atoms with van der Waals surface area (Å²) in [6.45, 7) is 6.42. The second-order valence-electron chi connectivity index (χ2n) is 6.46. The van der Waals surface area contributed by atoms with E-state index in [4.69, 9.17) is 0 Å². The molecule has 2 rings (SSSR count). The van der Waals surface area contributed by atoms with E-state index in [-0.39, 0.29) is 5.91 Å². The number of nitrogens with one attached hydrogen (secondary N) is 2. The summed E-state index contributed by atoms with van der Waals surface area (Å²) in [6.07, 6.45) is 6.01. The van der Waals surface area contributed by atoms with Gasteiger partial charge in [-0.15, -0.1) is 0 Å². The normalized spacial score (nSPS) is 22.1. The minimum absolute atomic E-state index is 0.0560. The van der Waals surface area contributed by atoms with Crippen molar-refractivity contribution in [2.24, 2.45) is 5.92 Å². The van der Waals surface area contributed by atoms with Crippen LogP contribution >= 0.6 is 0 Å². The molecular formula is C18H28N2O. The van der Waals surface area contributed by atoms with Crippen LogP contribution in [0.2, 0.25) is 0 Å². The van der Waals surface area contributed by atoms with Gasteiger partial charge in [0.2, 0.25) is 0 Å². The molecule has 0 radical (unpaired) electrons. The lowest BCUT2D eigenvalue weighted by Gasteiger charge is -2.29. The lowest BCUT2D eigenvalue weighted by molar-refractivity contribution is 0.0920. The zero-order chi connectivity index (χ0) is 15.2. The maximum absolute atomic E-state index is 12.6. The van der Waals surface area contributed by atoms with Crippen molar-refractivity contribution >= 4 is 11.6 Å². The van der Waals surface area contributed by atoms with Crippen LogP contribution in [0.25, 0.3) is 0 Å². The van der Waals surface area contributed by atoms with E-state index in [1.54, 1.807) is 0 Å². The number of carbonyl (C=O) groups excluding carboxylic acids is 1. The van der Waals surface area contributed by atoms with Crippen molar-refractivity contribution in [1.82, 2.24) is 5.32 Å². The molecule has 3 heteroatoms. The van der Waals surface area contributed by atoms with Crippen molar-refractivity contribution in [2.45, 2.75) is 65.0 Å². The third-order valence-corrected chi connectivity index (χ3v) is 4.31. The van der Waals surface area contributed by atoms with Crippen molar-refractivity contribution in [1.29, 1.82) is 0 Å². The molecule has 0 spiro atoms. The largest absolute Gasteiger partial charge is 0.382 e. The van der Waals surface area contributed by atoms with Gasteiger partial charge in [-0.1, -0.05) is 38.3 Å². The fourth-order valence-electron chi connectivity index (χ4n) is 3.17. The fraction of sp³-hybridized carbons (Fsp3) is 0.611. The van der Waals surface area contributed by atoms with Gasteiger partial charge in [0.15, 0.2) is 0 Å². The molecule has 2 atom stereocenters. The highest BCUT2D eigenvalue weighted by atomic mass is 16.1. The number of benzene rings is 1. The maximum atomic E-state index is 12.6. The molecule has 0 heterocycles. The topological polar surface area (TPSA) is 41.1 Å². The average molecular weight is 288 g/mol. The third kappa shape index (κ3) is 4.48. The lowest BCUT2D eigenvalue weighted by atomic mass is 9.84. The van der Waals surface area contributed by atoms with E-state index in [1.807, 2.05) is 24.3 Å². The molecule has 0 bridgehead atoms. The van der Waals surface area contributed by atoms with Crippen LogP contribution < -0.4 is 10.6 Å². The van der Waals surface area contributed by atoms with Crippen molar-refractivity contribution in [3.63, 3.8) is 0 Å². The summed E-state index contributed by atoms with van der Waals surface area (Å²) in [5.41, 5.74) is 1.68. The minimum Gasteiger partial charge on any atom is -0.382 e. The second-order valence-corrected chi connectivity index (χ2v) is 6.46. The molecular weight excluding hydrogens is 260 g/mol. The minimum atomic E-state index is 0.0560. The summed E-state index contributed by atoms with van der Waals surface area (Å²) in [4.78, 5) is 12.6. The molecule has 0 aliphatic heterocycles. The number of para-hydroxylation sites is 1. The first-order valence-electron chi connectivity index (χ1n) is 8.26. The van der Waals surface area contributed by atoms with Gasteiger partial charge in [0, 0.05) is 17.8 Å². The molecule has 21 heavy (non-hydrogen) atoms. The first-order valence-corrected chi connectivity index (χ1v) is 8.26. The predicted octanol–water partition coefficient (Wildman–Crippen LogP) is 4.21. The molecule has 1 aliphatic carbocycles. The summed E-state index contributed by atoms with van der Waals surface area (Å²) < 4.78 is 0. The van der Waals surface area contributed by atoms with Crippen LogP contribution in [0.5, 0.6) is 0 Å². The van der Waals surface area contributed by atoms with Gasteiger partial charge in [-0.25, -0.2) is 0 Å². The molecule has 1 amide bonds. The Labute approximate surface area is 128 Å². The standard InChI is InChI=1S/C18H28N2O/c1-4-14-8-7-9-15(12-14)20-18(21)16-10-5-6-11-17(16)19-13(2)3/h5-6,10-11,13-15,19H,4,7-9,12H2,1-3H3,(H,20,21). The lowest BCUT2D eigenvalue weighted by Crippen LogP contribution is -2.38. The third-order valence-electron chi connectivity index (χ3n) is 4.31. The van der Waals surface area contributed by atoms with Gasteiger partial charge in [-0.05, 0) is 44.7 Å². The van der Waals surface area contributed by atoms with E-state index in [0.717, 1.165) is 30.0 Å². The number of carbonyl (C=O) groups is 1. The Morgan fingerprint density at radius 2 is 2.05 bits per heavy atom. The van der Waals surface area contributed by atoms with Gasteiger partial charge in [0.1, 0.15) is 0 Å². The molecule has 1 aromatic carbocycles. The average Bonchev–Trinajstić information content (AvgIpc) is 2.47. The summed E-state index contributed by atoms with van der Waals surface area (Å²) >= 11 is 0. The van der Waals surface area contributed by atoms with Crippen LogP contribution in [0.3, 0.4) is 0 Å². The number of hydrogen-bond acceptors (Lipinski definition) is 2.